The molecule has 438 valence electrons. The Morgan fingerprint density at radius 2 is 0.696 bits per heavy atom. The van der Waals surface area contributed by atoms with E-state index < -0.39 is 0 Å². The molecule has 0 unspecified atom stereocenters. The normalized spacial score (nSPS) is 13.0. The minimum Gasteiger partial charge on any atom is -0.456 e. The van der Waals surface area contributed by atoms with Crippen LogP contribution in [0.15, 0.2) is 290 Å². The lowest BCUT2D eigenvalue weighted by atomic mass is 9.33. The Bertz CT molecular complexity index is 5370. The molecule has 13 aromatic carbocycles. The summed E-state index contributed by atoms with van der Waals surface area (Å²) < 4.78 is 11.5. The van der Waals surface area contributed by atoms with Gasteiger partial charge in [0.2, 0.25) is 0 Å². The summed E-state index contributed by atoms with van der Waals surface area (Å²) in [5, 5.41) is 7.05. The van der Waals surface area contributed by atoms with Gasteiger partial charge in [0.1, 0.15) is 11.2 Å². The third-order valence-electron chi connectivity index (χ3n) is 19.8. The number of para-hydroxylation sites is 7. The Morgan fingerprint density at radius 3 is 1.18 bits per heavy atom. The molecule has 6 heteroatoms. The quantitative estimate of drug-likeness (QED) is 0.149. The minimum absolute atomic E-state index is 0.00852. The summed E-state index contributed by atoms with van der Waals surface area (Å²) in [5.41, 5.74) is 28.5. The monoisotopic (exact) mass is 1180 g/mol. The zero-order chi connectivity index (χ0) is 61.7. The third-order valence-corrected chi connectivity index (χ3v) is 19.8. The highest BCUT2D eigenvalue weighted by atomic mass is 16.3. The van der Waals surface area contributed by atoms with Gasteiger partial charge >= 0.3 is 0 Å². The van der Waals surface area contributed by atoms with E-state index in [1.54, 1.807) is 0 Å². The third kappa shape index (κ3) is 8.26. The zero-order valence-corrected chi connectivity index (χ0v) is 52.4. The summed E-state index contributed by atoms with van der Waals surface area (Å²) in [5.74, 6) is 0. The Balaban J connectivity index is 1.02. The molecule has 2 aliphatic heterocycles. The number of hydrogen-bond acceptors (Lipinski definition) is 3. The van der Waals surface area contributed by atoms with E-state index in [0.29, 0.717) is 0 Å². The van der Waals surface area contributed by atoms with Crippen LogP contribution in [-0.4, -0.2) is 15.8 Å². The van der Waals surface area contributed by atoms with Crippen molar-refractivity contribution in [2.75, 3.05) is 9.80 Å². The molecule has 3 aromatic heterocycles. The molecule has 0 saturated carbocycles. The second-order valence-corrected chi connectivity index (χ2v) is 27.3. The second kappa shape index (κ2) is 20.2. The van der Waals surface area contributed by atoms with Gasteiger partial charge in [-0.3, -0.25) is 0 Å². The molecule has 0 N–H and O–H groups in total. The molecule has 0 fully saturated rings. The van der Waals surface area contributed by atoms with Gasteiger partial charge in [-0.2, -0.15) is 0 Å². The van der Waals surface area contributed by atoms with Crippen molar-refractivity contribution in [2.24, 2.45) is 0 Å². The maximum atomic E-state index is 6.57. The Kier molecular flexibility index (Phi) is 11.8. The predicted molar refractivity (Wildman–Crippen MR) is 390 cm³/mol. The van der Waals surface area contributed by atoms with Gasteiger partial charge in [0.05, 0.1) is 33.4 Å². The van der Waals surface area contributed by atoms with Crippen LogP contribution in [0.5, 0.6) is 0 Å². The van der Waals surface area contributed by atoms with Gasteiger partial charge in [0.25, 0.3) is 6.71 Å². The molecule has 0 spiro atoms. The lowest BCUT2D eigenvalue weighted by molar-refractivity contribution is 0.590. The Hall–Kier alpha value is -11.1. The van der Waals surface area contributed by atoms with Crippen LogP contribution in [0.4, 0.5) is 34.1 Å². The van der Waals surface area contributed by atoms with Crippen LogP contribution in [-0.2, 0) is 10.8 Å². The smallest absolute Gasteiger partial charge is 0.252 e. The van der Waals surface area contributed by atoms with Gasteiger partial charge in [-0.05, 0) is 152 Å². The van der Waals surface area contributed by atoms with E-state index in [0.717, 1.165) is 112 Å². The molecule has 0 amide bonds. The Morgan fingerprint density at radius 1 is 0.283 bits per heavy atom. The zero-order valence-electron chi connectivity index (χ0n) is 52.4. The van der Waals surface area contributed by atoms with Crippen molar-refractivity contribution in [1.29, 1.82) is 0 Å². The molecule has 0 bridgehead atoms. The van der Waals surface area contributed by atoms with E-state index >= 15 is 0 Å². The van der Waals surface area contributed by atoms with Crippen LogP contribution in [0.2, 0.25) is 0 Å². The fourth-order valence-corrected chi connectivity index (χ4v) is 15.3. The van der Waals surface area contributed by atoms with Crippen LogP contribution in [0.3, 0.4) is 0 Å². The first-order valence-corrected chi connectivity index (χ1v) is 32.3. The number of hydrogen-bond donors (Lipinski definition) is 0. The van der Waals surface area contributed by atoms with E-state index in [1.807, 2.05) is 0 Å². The van der Waals surface area contributed by atoms with Crippen molar-refractivity contribution in [3.63, 3.8) is 0 Å². The van der Waals surface area contributed by atoms with E-state index in [4.69, 9.17) is 4.42 Å². The fraction of sp³-hybridized carbons (Fsp3) is 0.0930. The maximum absolute atomic E-state index is 6.57. The summed E-state index contributed by atoms with van der Waals surface area (Å²) in [6.07, 6.45) is 0. The highest BCUT2D eigenvalue weighted by molar-refractivity contribution is 7.00. The fourth-order valence-electron chi connectivity index (χ4n) is 15.3. The van der Waals surface area contributed by atoms with Crippen LogP contribution in [0.1, 0.15) is 52.7 Å². The molecule has 5 heterocycles. The van der Waals surface area contributed by atoms with Crippen molar-refractivity contribution < 1.29 is 4.42 Å². The van der Waals surface area contributed by atoms with E-state index in [1.165, 1.54) is 60.1 Å². The van der Waals surface area contributed by atoms with Crippen molar-refractivity contribution in [1.82, 2.24) is 9.13 Å². The van der Waals surface area contributed by atoms with Crippen LogP contribution in [0.25, 0.3) is 110 Å². The molecular formula is C86H65BN4O. The summed E-state index contributed by atoms with van der Waals surface area (Å²) in [6.45, 7) is 13.5. The molecule has 5 nitrogen and oxygen atoms in total. The highest BCUT2D eigenvalue weighted by Gasteiger charge is 2.46. The molecule has 0 atom stereocenters. The Labute approximate surface area is 536 Å². The summed E-state index contributed by atoms with van der Waals surface area (Å²) >= 11 is 0. The largest absolute Gasteiger partial charge is 0.456 e. The van der Waals surface area contributed by atoms with Gasteiger partial charge in [-0.1, -0.05) is 236 Å². The first-order valence-electron chi connectivity index (χ1n) is 32.3. The van der Waals surface area contributed by atoms with E-state index in [-0.39, 0.29) is 17.5 Å². The van der Waals surface area contributed by atoms with Crippen LogP contribution >= 0.6 is 0 Å². The van der Waals surface area contributed by atoms with Gasteiger partial charge in [0, 0.05) is 77.6 Å². The SMILES string of the molecule is CC(C)(C)c1ccc(-c2ccccc2N2c3cc4c(cc3B3c5cc6c7ccccc7n(-c7ccccc7)c6cc5N(c5ccccc5-c5ccc(C(C)(C)C)cc5)c5cc(-c6ccc7oc8ccccc8c7c6)cc2c53)c2ccccc2n4-c2ccccc2)cc1. The molecule has 2 aliphatic rings. The molecule has 0 radical (unpaired) electrons. The molecule has 18 rings (SSSR count). The number of anilines is 6. The maximum Gasteiger partial charge on any atom is 0.252 e. The predicted octanol–water partition coefficient (Wildman–Crippen LogP) is 21.5. The van der Waals surface area contributed by atoms with E-state index in [2.05, 4.69) is 346 Å². The average Bonchev–Trinajstić information content (AvgIpc) is 0.927. The van der Waals surface area contributed by atoms with Crippen molar-refractivity contribution in [2.45, 2.75) is 52.4 Å². The lowest BCUT2D eigenvalue weighted by Crippen LogP contribution is -2.61. The van der Waals surface area contributed by atoms with Crippen molar-refractivity contribution >= 4 is 123 Å². The van der Waals surface area contributed by atoms with Gasteiger partial charge in [-0.25, -0.2) is 0 Å². The molecule has 92 heavy (non-hydrogen) atoms. The topological polar surface area (TPSA) is 29.5 Å². The lowest BCUT2D eigenvalue weighted by Gasteiger charge is -2.45. The van der Waals surface area contributed by atoms with Crippen LogP contribution in [0, 0.1) is 0 Å². The van der Waals surface area contributed by atoms with Gasteiger partial charge < -0.3 is 23.4 Å². The number of aromatic nitrogens is 2. The van der Waals surface area contributed by atoms with E-state index in [9.17, 15) is 0 Å². The second-order valence-electron chi connectivity index (χ2n) is 27.3. The van der Waals surface area contributed by atoms with Gasteiger partial charge in [0.15, 0.2) is 0 Å². The average molecular weight is 1180 g/mol. The summed E-state index contributed by atoms with van der Waals surface area (Å²) in [4.78, 5) is 5.28. The minimum atomic E-state index is -0.227. The van der Waals surface area contributed by atoms with Gasteiger partial charge in [-0.15, -0.1) is 0 Å². The first kappa shape index (κ1) is 53.9. The number of nitrogens with zero attached hydrogens (tertiary/aromatic N) is 4. The molecule has 16 aromatic rings. The molecule has 0 aliphatic carbocycles. The summed E-state index contributed by atoms with van der Waals surface area (Å²) in [6, 6.07) is 107. The first-order chi connectivity index (χ1) is 44.9. The number of fused-ring (bicyclic) bond motifs is 13. The van der Waals surface area contributed by atoms with Crippen molar-refractivity contribution in [3.8, 4) is 44.8 Å². The number of furan rings is 1. The van der Waals surface area contributed by atoms with Crippen molar-refractivity contribution in [3.05, 3.63) is 296 Å². The standard InChI is InChI=1S/C86H65BN4O/c1-85(2,3)58-42-37-54(38-43-58)62-27-13-18-32-72(62)90-78-52-76-67(64-29-15-20-34-74(64)88(76)60-23-9-7-10-24-60)50-70(78)87-71-51-68-65-30-16-21-35-75(65)89(61-25-11-8-12-26-61)77(68)53-79(71)91(73-33-19-14-28-63(73)55-39-44-59(45-40-55)86(4,5)6)81-49-57(48-80(90)84(81)87)56-41-46-83-69(47-56)66-31-17-22-36-82(66)92-83/h7-53H,1-6H3. The molecular weight excluding hydrogens is 1120 g/mol. The highest BCUT2D eigenvalue weighted by Crippen LogP contribution is 2.52. The number of rotatable bonds is 7. The molecule has 0 saturated heterocycles. The van der Waals surface area contributed by atoms with Crippen LogP contribution < -0.4 is 26.2 Å². The number of benzene rings is 13. The summed E-state index contributed by atoms with van der Waals surface area (Å²) in [7, 11) is 0.